The first kappa shape index (κ1) is 14.8. The molecule has 8 heteroatoms. The molecule has 1 atom stereocenters. The molecule has 0 fully saturated rings. The van der Waals surface area contributed by atoms with Gasteiger partial charge >= 0.3 is 5.97 Å². The number of halogens is 3. The maximum absolute atomic E-state index is 11.5. The van der Waals surface area contributed by atoms with Crippen LogP contribution in [0.2, 0.25) is 10.0 Å². The Morgan fingerprint density at radius 3 is 2.74 bits per heavy atom. The molecular weight excluding hydrogens is 331 g/mol. The van der Waals surface area contributed by atoms with E-state index < -0.39 is 11.3 Å². The molecule has 0 radical (unpaired) electrons. The zero-order valence-electron chi connectivity index (χ0n) is 9.82. The summed E-state index contributed by atoms with van der Waals surface area (Å²) in [5, 5.41) is 0.0310. The van der Waals surface area contributed by atoms with Crippen molar-refractivity contribution in [3.05, 3.63) is 21.7 Å². The Morgan fingerprint density at radius 1 is 1.37 bits per heavy atom. The van der Waals surface area contributed by atoms with Gasteiger partial charge in [0.2, 0.25) is 0 Å². The molecule has 2 rings (SSSR count). The minimum Gasteiger partial charge on any atom is -0.465 e. The van der Waals surface area contributed by atoms with Gasteiger partial charge in [-0.1, -0.05) is 23.2 Å². The molecule has 1 unspecified atom stereocenters. The average molecular weight is 340 g/mol. The van der Waals surface area contributed by atoms with Gasteiger partial charge in [-0.2, -0.15) is 8.73 Å². The first-order valence-corrected chi connectivity index (χ1v) is 7.36. The van der Waals surface area contributed by atoms with Crippen LogP contribution in [0.5, 0.6) is 0 Å². The van der Waals surface area contributed by atoms with Crippen LogP contribution in [0.25, 0.3) is 0 Å². The van der Waals surface area contributed by atoms with E-state index >= 15 is 0 Å². The maximum Gasteiger partial charge on any atom is 0.324 e. The van der Waals surface area contributed by atoms with Crippen molar-refractivity contribution < 1.29 is 9.53 Å². The molecular formula is C11H9Cl3N2O2S. The van der Waals surface area contributed by atoms with Crippen LogP contribution in [0, 0.1) is 0 Å². The average Bonchev–Trinajstić information content (AvgIpc) is 2.84. The highest BCUT2D eigenvalue weighted by molar-refractivity contribution is 7.58. The number of fused-ring (bicyclic) bond motifs is 1. The molecule has 0 bridgehead atoms. The van der Waals surface area contributed by atoms with E-state index in [-0.39, 0.29) is 13.0 Å². The largest absolute Gasteiger partial charge is 0.465 e. The minimum absolute atomic E-state index is 0.221. The number of hydrogen-bond acceptors (Lipinski definition) is 4. The van der Waals surface area contributed by atoms with Crippen LogP contribution in [0.15, 0.2) is 14.8 Å². The van der Waals surface area contributed by atoms with Crippen molar-refractivity contribution in [3.8, 4) is 0 Å². The van der Waals surface area contributed by atoms with Crippen molar-refractivity contribution >= 4 is 63.5 Å². The van der Waals surface area contributed by atoms with E-state index in [2.05, 4.69) is 8.73 Å². The van der Waals surface area contributed by atoms with Crippen LogP contribution in [0.3, 0.4) is 0 Å². The van der Waals surface area contributed by atoms with Crippen LogP contribution in [0.1, 0.15) is 12.5 Å². The lowest BCUT2D eigenvalue weighted by Crippen LogP contribution is -2.20. The molecule has 4 nitrogen and oxygen atoms in total. The molecule has 0 amide bonds. The number of ether oxygens (including phenoxy) is 1. The Balaban J connectivity index is 2.30. The summed E-state index contributed by atoms with van der Waals surface area (Å²) in [6.45, 7) is 2.00. The fraction of sp³-hybridized carbons (Fsp3) is 0.364. The van der Waals surface area contributed by atoms with E-state index in [0.717, 1.165) is 11.4 Å². The van der Waals surface area contributed by atoms with E-state index in [1.807, 2.05) is 0 Å². The lowest BCUT2D eigenvalue weighted by Gasteiger charge is -2.12. The van der Waals surface area contributed by atoms with Crippen LogP contribution in [-0.4, -0.2) is 18.0 Å². The molecule has 0 spiro atoms. The number of alkyl halides is 1. The molecule has 0 N–H and O–H groups in total. The number of hydrogen-bond donors (Lipinski definition) is 0. The fourth-order valence-electron chi connectivity index (χ4n) is 1.61. The van der Waals surface area contributed by atoms with Gasteiger partial charge in [0, 0.05) is 17.0 Å². The van der Waals surface area contributed by atoms with Gasteiger partial charge in [0.25, 0.3) is 0 Å². The molecule has 102 valence electrons. The predicted octanol–water partition coefficient (Wildman–Crippen LogP) is 4.43. The predicted molar refractivity (Wildman–Crippen MR) is 78.0 cm³/mol. The van der Waals surface area contributed by atoms with Crippen LogP contribution in [0.4, 0.5) is 11.4 Å². The monoisotopic (exact) mass is 338 g/mol. The molecule has 1 aliphatic rings. The normalized spacial score (nSPS) is 13.9. The summed E-state index contributed by atoms with van der Waals surface area (Å²) in [6.07, 6.45) is 0.221. The van der Waals surface area contributed by atoms with Gasteiger partial charge in [0.15, 0.2) is 0 Å². The molecule has 0 saturated carbocycles. The Kier molecular flexibility index (Phi) is 4.84. The summed E-state index contributed by atoms with van der Waals surface area (Å²) in [5.74, 6) is -0.480. The molecule has 0 aliphatic carbocycles. The highest BCUT2D eigenvalue weighted by Gasteiger charge is 2.24. The minimum atomic E-state index is -0.816. The van der Waals surface area contributed by atoms with Crippen molar-refractivity contribution in [1.82, 2.24) is 0 Å². The summed E-state index contributed by atoms with van der Waals surface area (Å²) in [6, 6.07) is 1.58. The first-order chi connectivity index (χ1) is 9.04. The Labute approximate surface area is 128 Å². The third-order valence-corrected chi connectivity index (χ3v) is 3.95. The van der Waals surface area contributed by atoms with Crippen LogP contribution < -0.4 is 0 Å². The second kappa shape index (κ2) is 6.22. The van der Waals surface area contributed by atoms with E-state index in [0.29, 0.717) is 27.0 Å². The van der Waals surface area contributed by atoms with E-state index in [9.17, 15) is 4.79 Å². The zero-order valence-corrected chi connectivity index (χ0v) is 12.9. The van der Waals surface area contributed by atoms with Crippen LogP contribution in [-0.2, 0) is 27.3 Å². The quantitative estimate of drug-likeness (QED) is 0.611. The smallest absolute Gasteiger partial charge is 0.324 e. The number of benzene rings is 1. The summed E-state index contributed by atoms with van der Waals surface area (Å²) in [4.78, 5) is 11.5. The van der Waals surface area contributed by atoms with Crippen molar-refractivity contribution in [1.29, 1.82) is 0 Å². The second-order valence-corrected chi connectivity index (χ2v) is 5.57. The summed E-state index contributed by atoms with van der Waals surface area (Å²) in [5.41, 5.74) is 1.80. The maximum atomic E-state index is 11.5. The van der Waals surface area contributed by atoms with Gasteiger partial charge in [-0.3, -0.25) is 4.79 Å². The molecule has 1 heterocycles. The van der Waals surface area contributed by atoms with Gasteiger partial charge in [-0.05, 0) is 13.0 Å². The standard InChI is InChI=1S/C11H9Cl3N2O2S/c1-2-18-11(17)8(14)3-5-6(12)4-7(13)10-9(5)15-19-16-10/h4,8H,2-3H2,1H3. The number of carbonyl (C=O) groups excluding carboxylic acids is 1. The third kappa shape index (κ3) is 3.11. The number of carbonyl (C=O) groups is 1. The number of rotatable bonds is 4. The van der Waals surface area contributed by atoms with Crippen LogP contribution >= 0.6 is 34.8 Å². The molecule has 1 aromatic carbocycles. The fourth-order valence-corrected chi connectivity index (χ4v) is 3.04. The number of esters is 1. The molecule has 1 aliphatic heterocycles. The van der Waals surface area contributed by atoms with Crippen molar-refractivity contribution in [2.24, 2.45) is 8.73 Å². The topological polar surface area (TPSA) is 51.0 Å². The number of nitrogens with zero attached hydrogens (tertiary/aromatic N) is 2. The highest BCUT2D eigenvalue weighted by atomic mass is 35.5. The van der Waals surface area contributed by atoms with Crippen molar-refractivity contribution in [3.63, 3.8) is 0 Å². The zero-order chi connectivity index (χ0) is 14.0. The summed E-state index contributed by atoms with van der Waals surface area (Å²) >= 11 is 19.2. The Morgan fingerprint density at radius 2 is 2.05 bits per heavy atom. The van der Waals surface area contributed by atoms with Gasteiger partial charge in [-0.25, -0.2) is 0 Å². The van der Waals surface area contributed by atoms with Crippen molar-refractivity contribution in [2.45, 2.75) is 18.7 Å². The van der Waals surface area contributed by atoms with E-state index in [4.69, 9.17) is 39.5 Å². The molecule has 19 heavy (non-hydrogen) atoms. The Bertz CT molecular complexity index is 600. The summed E-state index contributed by atoms with van der Waals surface area (Å²) in [7, 11) is 0. The van der Waals surface area contributed by atoms with E-state index in [1.165, 1.54) is 0 Å². The first-order valence-electron chi connectivity index (χ1n) is 5.44. The third-order valence-electron chi connectivity index (χ3n) is 2.47. The van der Waals surface area contributed by atoms with Gasteiger partial charge in [0.1, 0.15) is 16.8 Å². The summed E-state index contributed by atoms with van der Waals surface area (Å²) < 4.78 is 13.1. The lowest BCUT2D eigenvalue weighted by atomic mass is 10.1. The highest BCUT2D eigenvalue weighted by Crippen LogP contribution is 2.45. The SMILES string of the molecule is CCOC(=O)C(Cl)Cc1c(Cl)cc(Cl)c2c1N=S=N2. The van der Waals surface area contributed by atoms with Crippen molar-refractivity contribution in [2.75, 3.05) is 6.61 Å². The molecule has 0 saturated heterocycles. The van der Waals surface area contributed by atoms with Gasteiger partial charge in [-0.15, -0.1) is 11.6 Å². The second-order valence-electron chi connectivity index (χ2n) is 3.70. The lowest BCUT2D eigenvalue weighted by molar-refractivity contribution is -0.142. The molecule has 0 aromatic heterocycles. The Hall–Kier alpha value is -0.620. The van der Waals surface area contributed by atoms with E-state index in [1.54, 1.807) is 13.0 Å². The molecule has 1 aromatic rings. The van der Waals surface area contributed by atoms with Gasteiger partial charge in [0.05, 0.1) is 23.0 Å². The van der Waals surface area contributed by atoms with Gasteiger partial charge < -0.3 is 4.74 Å².